The molecule has 14 heavy (non-hydrogen) atoms. The molecule has 76 valence electrons. The third kappa shape index (κ3) is 2.83. The van der Waals surface area contributed by atoms with Crippen LogP contribution in [-0.2, 0) is 4.79 Å². The molecule has 3 nitrogen and oxygen atoms in total. The Morgan fingerprint density at radius 1 is 1.64 bits per heavy atom. The molecule has 0 saturated heterocycles. The highest BCUT2D eigenvalue weighted by Gasteiger charge is 2.34. The first-order valence-electron chi connectivity index (χ1n) is 4.69. The molecule has 1 N–H and O–H groups in total. The molecule has 0 aromatic carbocycles. The second-order valence-electron chi connectivity index (χ2n) is 3.56. The maximum absolute atomic E-state index is 10.7. The Balaban J connectivity index is 2.73. The minimum absolute atomic E-state index is 0.0653. The average Bonchev–Trinajstić information content (AvgIpc) is 2.93. The van der Waals surface area contributed by atoms with E-state index in [0.717, 1.165) is 18.4 Å². The molecule has 0 aromatic heterocycles. The number of aliphatic imine (C=N–C) groups is 1. The predicted octanol–water partition coefficient (Wildman–Crippen LogP) is 2.26. The quantitative estimate of drug-likeness (QED) is 0.519. The van der Waals surface area contributed by atoms with Crippen LogP contribution in [0.3, 0.4) is 0 Å². The van der Waals surface area contributed by atoms with Gasteiger partial charge in [-0.2, -0.15) is 0 Å². The molecule has 1 unspecified atom stereocenters. The molecule has 0 amide bonds. The summed E-state index contributed by atoms with van der Waals surface area (Å²) >= 11 is 0. The van der Waals surface area contributed by atoms with Crippen molar-refractivity contribution >= 4 is 12.7 Å². The van der Waals surface area contributed by atoms with E-state index >= 15 is 0 Å². The number of nitrogens with zero attached hydrogens (tertiary/aromatic N) is 1. The van der Waals surface area contributed by atoms with E-state index in [1.807, 2.05) is 0 Å². The Bertz CT molecular complexity index is 277. The number of carbonyl (C=O) groups is 1. The van der Waals surface area contributed by atoms with E-state index < -0.39 is 5.97 Å². The van der Waals surface area contributed by atoms with Crippen LogP contribution in [0.5, 0.6) is 0 Å². The number of aliphatic carboxylic acids is 1. The molecule has 0 heterocycles. The second-order valence-corrected chi connectivity index (χ2v) is 3.56. The highest BCUT2D eigenvalue weighted by atomic mass is 16.4. The van der Waals surface area contributed by atoms with Crippen molar-refractivity contribution in [1.29, 1.82) is 0 Å². The van der Waals surface area contributed by atoms with Gasteiger partial charge < -0.3 is 5.11 Å². The fourth-order valence-corrected chi connectivity index (χ4v) is 1.65. The van der Waals surface area contributed by atoms with Gasteiger partial charge in [0, 0.05) is 6.20 Å². The fourth-order valence-electron chi connectivity index (χ4n) is 1.65. The van der Waals surface area contributed by atoms with Gasteiger partial charge >= 0.3 is 5.97 Å². The molecule has 1 aliphatic rings. The van der Waals surface area contributed by atoms with Crippen molar-refractivity contribution in [2.45, 2.75) is 19.3 Å². The monoisotopic (exact) mass is 193 g/mol. The van der Waals surface area contributed by atoms with E-state index in [-0.39, 0.29) is 12.3 Å². The van der Waals surface area contributed by atoms with Crippen LogP contribution >= 0.6 is 0 Å². The smallest absolute Gasteiger partial charge is 0.303 e. The largest absolute Gasteiger partial charge is 0.481 e. The second kappa shape index (κ2) is 4.74. The number of allylic oxidation sites excluding steroid dienone is 2. The molecule has 1 fully saturated rings. The van der Waals surface area contributed by atoms with Crippen molar-refractivity contribution in [3.05, 3.63) is 24.4 Å². The minimum atomic E-state index is -0.765. The zero-order valence-electron chi connectivity index (χ0n) is 8.15. The lowest BCUT2D eigenvalue weighted by molar-refractivity contribution is -0.137. The third-order valence-electron chi connectivity index (χ3n) is 2.49. The highest BCUT2D eigenvalue weighted by Crippen LogP contribution is 2.42. The van der Waals surface area contributed by atoms with Gasteiger partial charge in [0.15, 0.2) is 0 Å². The van der Waals surface area contributed by atoms with E-state index in [1.165, 1.54) is 0 Å². The number of carboxylic acid groups (broad SMARTS) is 1. The maximum Gasteiger partial charge on any atom is 0.303 e. The van der Waals surface area contributed by atoms with E-state index in [1.54, 1.807) is 12.3 Å². The molecule has 0 aliphatic heterocycles. The lowest BCUT2D eigenvalue weighted by Crippen LogP contribution is -2.11. The van der Waals surface area contributed by atoms with Gasteiger partial charge in [0.25, 0.3) is 0 Å². The molecule has 0 bridgehead atoms. The molecule has 0 aromatic rings. The van der Waals surface area contributed by atoms with Crippen LogP contribution in [0.2, 0.25) is 0 Å². The zero-order chi connectivity index (χ0) is 10.6. The SMILES string of the molecule is C=C/C(=C\N=C)C(CC(=O)O)C1CC1. The maximum atomic E-state index is 10.7. The summed E-state index contributed by atoms with van der Waals surface area (Å²) in [6, 6.07) is 0. The van der Waals surface area contributed by atoms with Crippen LogP contribution in [0.15, 0.2) is 29.4 Å². The van der Waals surface area contributed by atoms with Gasteiger partial charge in [-0.25, -0.2) is 0 Å². The van der Waals surface area contributed by atoms with Gasteiger partial charge in [-0.15, -0.1) is 0 Å². The molecule has 0 radical (unpaired) electrons. The average molecular weight is 193 g/mol. The van der Waals surface area contributed by atoms with Gasteiger partial charge in [-0.05, 0) is 37.0 Å². The highest BCUT2D eigenvalue weighted by molar-refractivity contribution is 5.68. The summed E-state index contributed by atoms with van der Waals surface area (Å²) < 4.78 is 0. The van der Waals surface area contributed by atoms with Gasteiger partial charge in [0.05, 0.1) is 6.42 Å². The molecule has 1 rings (SSSR count). The molecule has 0 spiro atoms. The molecular weight excluding hydrogens is 178 g/mol. The summed E-state index contributed by atoms with van der Waals surface area (Å²) in [6.07, 6.45) is 5.68. The molecular formula is C11H15NO2. The van der Waals surface area contributed by atoms with Crippen molar-refractivity contribution in [3.63, 3.8) is 0 Å². The Labute approximate surface area is 83.9 Å². The van der Waals surface area contributed by atoms with E-state index in [0.29, 0.717) is 5.92 Å². The summed E-state index contributed by atoms with van der Waals surface area (Å²) in [6.45, 7) is 7.04. The first-order valence-corrected chi connectivity index (χ1v) is 4.69. The van der Waals surface area contributed by atoms with E-state index in [2.05, 4.69) is 18.3 Å². The van der Waals surface area contributed by atoms with Crippen molar-refractivity contribution in [3.8, 4) is 0 Å². The fraction of sp³-hybridized carbons (Fsp3) is 0.455. The van der Waals surface area contributed by atoms with Crippen molar-refractivity contribution in [2.24, 2.45) is 16.8 Å². The molecule has 1 atom stereocenters. The standard InChI is InChI=1S/C11H15NO2/c1-3-8(7-12-2)10(6-11(13)14)9-4-5-9/h3,7,9-10H,1-2,4-6H2,(H,13,14)/b8-7+. The Kier molecular flexibility index (Phi) is 3.63. The number of rotatable bonds is 6. The number of carboxylic acids is 1. The summed E-state index contributed by atoms with van der Waals surface area (Å²) in [5.74, 6) is -0.202. The van der Waals surface area contributed by atoms with Crippen LogP contribution in [0.1, 0.15) is 19.3 Å². The first kappa shape index (κ1) is 10.7. The topological polar surface area (TPSA) is 49.7 Å². The lowest BCUT2D eigenvalue weighted by atomic mass is 9.91. The Morgan fingerprint density at radius 3 is 2.64 bits per heavy atom. The Morgan fingerprint density at radius 2 is 2.29 bits per heavy atom. The van der Waals surface area contributed by atoms with Gasteiger partial charge in [0.1, 0.15) is 0 Å². The summed E-state index contributed by atoms with van der Waals surface area (Å²) in [5, 5.41) is 8.77. The summed E-state index contributed by atoms with van der Waals surface area (Å²) in [4.78, 5) is 14.3. The van der Waals surface area contributed by atoms with E-state index in [9.17, 15) is 4.79 Å². The van der Waals surface area contributed by atoms with E-state index in [4.69, 9.17) is 5.11 Å². The molecule has 1 saturated carbocycles. The van der Waals surface area contributed by atoms with Crippen LogP contribution in [-0.4, -0.2) is 17.8 Å². The first-order chi connectivity index (χ1) is 6.69. The molecule has 3 heteroatoms. The van der Waals surface area contributed by atoms with Crippen molar-refractivity contribution in [2.75, 3.05) is 0 Å². The van der Waals surface area contributed by atoms with Gasteiger partial charge in [-0.1, -0.05) is 12.7 Å². The summed E-state index contributed by atoms with van der Waals surface area (Å²) in [5.41, 5.74) is 0.893. The van der Waals surface area contributed by atoms with Crippen molar-refractivity contribution < 1.29 is 9.90 Å². The van der Waals surface area contributed by atoms with Crippen LogP contribution in [0.4, 0.5) is 0 Å². The predicted molar refractivity (Wildman–Crippen MR) is 56.3 cm³/mol. The van der Waals surface area contributed by atoms with Crippen LogP contribution in [0.25, 0.3) is 0 Å². The summed E-state index contributed by atoms with van der Waals surface area (Å²) in [7, 11) is 0. The lowest BCUT2D eigenvalue weighted by Gasteiger charge is -2.14. The van der Waals surface area contributed by atoms with Crippen LogP contribution < -0.4 is 0 Å². The zero-order valence-corrected chi connectivity index (χ0v) is 8.15. The van der Waals surface area contributed by atoms with Crippen LogP contribution in [0, 0.1) is 11.8 Å². The number of hydrogen-bond donors (Lipinski definition) is 1. The van der Waals surface area contributed by atoms with Crippen molar-refractivity contribution in [1.82, 2.24) is 0 Å². The third-order valence-corrected chi connectivity index (χ3v) is 2.49. The number of hydrogen-bond acceptors (Lipinski definition) is 2. The normalized spacial score (nSPS) is 18.7. The van der Waals surface area contributed by atoms with Gasteiger partial charge in [0.2, 0.25) is 0 Å². The molecule has 1 aliphatic carbocycles. The minimum Gasteiger partial charge on any atom is -0.481 e. The van der Waals surface area contributed by atoms with Gasteiger partial charge in [-0.3, -0.25) is 9.79 Å². The Hall–Kier alpha value is -1.38.